The van der Waals surface area contributed by atoms with Gasteiger partial charge in [0.1, 0.15) is 5.82 Å². The SMILES string of the molecule is O=C(NCc1ccc(CN2CCCCC2)cc1)C1CCCN(Cc2ccc(F)cc2)C1. The molecule has 1 N–H and O–H groups in total. The van der Waals surface area contributed by atoms with Crippen molar-refractivity contribution in [1.29, 1.82) is 0 Å². The minimum Gasteiger partial charge on any atom is -0.352 e. The largest absolute Gasteiger partial charge is 0.352 e. The number of likely N-dealkylation sites (tertiary alicyclic amines) is 2. The predicted octanol–water partition coefficient (Wildman–Crippen LogP) is 4.34. The highest BCUT2D eigenvalue weighted by atomic mass is 19.1. The zero-order valence-electron chi connectivity index (χ0n) is 18.4. The molecule has 2 fully saturated rings. The van der Waals surface area contributed by atoms with Crippen LogP contribution in [0.4, 0.5) is 4.39 Å². The molecule has 0 saturated carbocycles. The number of amides is 1. The van der Waals surface area contributed by atoms with Gasteiger partial charge in [0.05, 0.1) is 5.92 Å². The van der Waals surface area contributed by atoms with Crippen molar-refractivity contribution >= 4 is 5.91 Å². The predicted molar refractivity (Wildman–Crippen MR) is 122 cm³/mol. The van der Waals surface area contributed by atoms with Gasteiger partial charge in [-0.25, -0.2) is 4.39 Å². The first-order valence-electron chi connectivity index (χ1n) is 11.7. The Morgan fingerprint density at radius 1 is 0.806 bits per heavy atom. The van der Waals surface area contributed by atoms with Crippen LogP contribution >= 0.6 is 0 Å². The van der Waals surface area contributed by atoms with E-state index in [4.69, 9.17) is 0 Å². The molecule has 2 aliphatic rings. The van der Waals surface area contributed by atoms with E-state index >= 15 is 0 Å². The van der Waals surface area contributed by atoms with E-state index in [1.165, 1.54) is 50.0 Å². The third-order valence-electron chi connectivity index (χ3n) is 6.54. The van der Waals surface area contributed by atoms with E-state index < -0.39 is 0 Å². The Morgan fingerprint density at radius 3 is 2.10 bits per heavy atom. The van der Waals surface area contributed by atoms with Gasteiger partial charge in [-0.05, 0) is 74.1 Å². The van der Waals surface area contributed by atoms with Gasteiger partial charge < -0.3 is 5.32 Å². The number of halogens is 1. The Hall–Kier alpha value is -2.24. The number of carbonyl (C=O) groups is 1. The van der Waals surface area contributed by atoms with Crippen LogP contribution < -0.4 is 5.32 Å². The van der Waals surface area contributed by atoms with Crippen molar-refractivity contribution in [1.82, 2.24) is 15.1 Å². The van der Waals surface area contributed by atoms with Crippen LogP contribution in [0, 0.1) is 11.7 Å². The van der Waals surface area contributed by atoms with Gasteiger partial charge in [0.15, 0.2) is 0 Å². The number of rotatable bonds is 7. The van der Waals surface area contributed by atoms with Gasteiger partial charge in [-0.2, -0.15) is 0 Å². The molecule has 2 aromatic carbocycles. The van der Waals surface area contributed by atoms with Gasteiger partial charge in [0, 0.05) is 26.2 Å². The fourth-order valence-corrected chi connectivity index (χ4v) is 4.73. The second-order valence-corrected chi connectivity index (χ2v) is 9.07. The lowest BCUT2D eigenvalue weighted by atomic mass is 9.96. The van der Waals surface area contributed by atoms with Crippen molar-refractivity contribution in [3.63, 3.8) is 0 Å². The van der Waals surface area contributed by atoms with Crippen LogP contribution in [0.5, 0.6) is 0 Å². The minimum atomic E-state index is -0.209. The summed E-state index contributed by atoms with van der Waals surface area (Å²) in [4.78, 5) is 17.6. The molecule has 2 aliphatic heterocycles. The molecule has 1 atom stereocenters. The summed E-state index contributed by atoms with van der Waals surface area (Å²) < 4.78 is 13.1. The summed E-state index contributed by atoms with van der Waals surface area (Å²) in [6.45, 7) is 6.53. The molecule has 2 aromatic rings. The fourth-order valence-electron chi connectivity index (χ4n) is 4.73. The Bertz CT molecular complexity index is 831. The molecule has 31 heavy (non-hydrogen) atoms. The molecule has 0 radical (unpaired) electrons. The summed E-state index contributed by atoms with van der Waals surface area (Å²) in [5.74, 6) is -0.0482. The van der Waals surface area contributed by atoms with Gasteiger partial charge in [0.25, 0.3) is 0 Å². The van der Waals surface area contributed by atoms with Crippen molar-refractivity contribution in [2.75, 3.05) is 26.2 Å². The van der Waals surface area contributed by atoms with Gasteiger partial charge in [-0.15, -0.1) is 0 Å². The molecule has 0 bridgehead atoms. The minimum absolute atomic E-state index is 0.0209. The lowest BCUT2D eigenvalue weighted by molar-refractivity contribution is -0.126. The van der Waals surface area contributed by atoms with Crippen molar-refractivity contribution in [3.05, 3.63) is 71.0 Å². The van der Waals surface area contributed by atoms with Gasteiger partial charge >= 0.3 is 0 Å². The van der Waals surface area contributed by atoms with E-state index in [1.54, 1.807) is 0 Å². The summed E-state index contributed by atoms with van der Waals surface area (Å²) in [7, 11) is 0. The molecule has 1 amide bonds. The number of nitrogens with one attached hydrogen (secondary N) is 1. The summed E-state index contributed by atoms with van der Waals surface area (Å²) in [6, 6.07) is 15.3. The lowest BCUT2D eigenvalue weighted by Crippen LogP contribution is -2.42. The van der Waals surface area contributed by atoms with Crippen LogP contribution in [-0.4, -0.2) is 41.9 Å². The molecule has 1 unspecified atom stereocenters. The van der Waals surface area contributed by atoms with Crippen molar-refractivity contribution in [2.45, 2.75) is 51.7 Å². The third-order valence-corrected chi connectivity index (χ3v) is 6.54. The quantitative estimate of drug-likeness (QED) is 0.720. The molecule has 0 aromatic heterocycles. The van der Waals surface area contributed by atoms with Crippen molar-refractivity contribution < 1.29 is 9.18 Å². The van der Waals surface area contributed by atoms with Crippen molar-refractivity contribution in [3.8, 4) is 0 Å². The van der Waals surface area contributed by atoms with Gasteiger partial charge in [-0.3, -0.25) is 14.6 Å². The third kappa shape index (κ3) is 6.62. The first kappa shape index (κ1) is 22.0. The van der Waals surface area contributed by atoms with E-state index in [2.05, 4.69) is 39.4 Å². The highest BCUT2D eigenvalue weighted by molar-refractivity contribution is 5.79. The molecule has 4 nitrogen and oxygen atoms in total. The highest BCUT2D eigenvalue weighted by Gasteiger charge is 2.25. The summed E-state index contributed by atoms with van der Waals surface area (Å²) in [5, 5.41) is 3.14. The zero-order chi connectivity index (χ0) is 21.5. The van der Waals surface area contributed by atoms with Crippen molar-refractivity contribution in [2.24, 2.45) is 5.92 Å². The number of hydrogen-bond acceptors (Lipinski definition) is 3. The van der Waals surface area contributed by atoms with Crippen LogP contribution in [0.25, 0.3) is 0 Å². The highest BCUT2D eigenvalue weighted by Crippen LogP contribution is 2.19. The molecule has 4 rings (SSSR count). The number of hydrogen-bond donors (Lipinski definition) is 1. The average Bonchev–Trinajstić information content (AvgIpc) is 2.81. The monoisotopic (exact) mass is 423 g/mol. The van der Waals surface area contributed by atoms with Crippen LogP contribution in [0.1, 0.15) is 48.8 Å². The van der Waals surface area contributed by atoms with E-state index in [9.17, 15) is 9.18 Å². The summed E-state index contributed by atoms with van der Waals surface area (Å²) in [5.41, 5.74) is 3.59. The van der Waals surface area contributed by atoms with E-state index in [0.717, 1.165) is 50.1 Å². The Balaban J connectivity index is 1.22. The number of piperidine rings is 2. The zero-order valence-corrected chi connectivity index (χ0v) is 18.4. The van der Waals surface area contributed by atoms with Gasteiger partial charge in [0.2, 0.25) is 5.91 Å². The Morgan fingerprint density at radius 2 is 1.39 bits per heavy atom. The summed E-state index contributed by atoms with van der Waals surface area (Å²) >= 11 is 0. The van der Waals surface area contributed by atoms with E-state index in [0.29, 0.717) is 6.54 Å². The topological polar surface area (TPSA) is 35.6 Å². The normalized spacial score (nSPS) is 20.5. The summed E-state index contributed by atoms with van der Waals surface area (Å²) in [6.07, 6.45) is 5.93. The van der Waals surface area contributed by atoms with Crippen LogP contribution in [0.15, 0.2) is 48.5 Å². The Labute approximate surface area is 185 Å². The maximum atomic E-state index is 13.1. The van der Waals surface area contributed by atoms with E-state index in [-0.39, 0.29) is 17.6 Å². The standard InChI is InChI=1S/C26H34FN3O/c27-25-12-10-23(11-13-25)19-30-16-4-5-24(20-30)26(31)28-17-21-6-8-22(9-7-21)18-29-14-2-1-3-15-29/h6-13,24H,1-5,14-20H2,(H,28,31). The molecule has 166 valence electrons. The Kier molecular flexibility index (Phi) is 7.71. The van der Waals surface area contributed by atoms with Crippen LogP contribution in [0.2, 0.25) is 0 Å². The molecule has 5 heteroatoms. The second kappa shape index (κ2) is 10.9. The lowest BCUT2D eigenvalue weighted by Gasteiger charge is -2.32. The smallest absolute Gasteiger partial charge is 0.224 e. The molecular weight excluding hydrogens is 389 g/mol. The number of benzene rings is 2. The fraction of sp³-hybridized carbons (Fsp3) is 0.500. The second-order valence-electron chi connectivity index (χ2n) is 9.07. The molecular formula is C26H34FN3O. The van der Waals surface area contributed by atoms with Crippen LogP contribution in [0.3, 0.4) is 0 Å². The molecule has 2 saturated heterocycles. The molecule has 2 heterocycles. The molecule has 0 aliphatic carbocycles. The molecule has 0 spiro atoms. The number of carbonyl (C=O) groups excluding carboxylic acids is 1. The van der Waals surface area contributed by atoms with Crippen LogP contribution in [-0.2, 0) is 24.4 Å². The first-order valence-corrected chi connectivity index (χ1v) is 11.7. The maximum absolute atomic E-state index is 13.1. The number of nitrogens with zero attached hydrogens (tertiary/aromatic N) is 2. The maximum Gasteiger partial charge on any atom is 0.224 e. The first-order chi connectivity index (χ1) is 15.2. The van der Waals surface area contributed by atoms with E-state index in [1.807, 2.05) is 12.1 Å². The van der Waals surface area contributed by atoms with Gasteiger partial charge in [-0.1, -0.05) is 42.8 Å². The average molecular weight is 424 g/mol.